The second kappa shape index (κ2) is 12.9. The van der Waals surface area contributed by atoms with Gasteiger partial charge in [-0.2, -0.15) is 0 Å². The van der Waals surface area contributed by atoms with Gasteiger partial charge in [0.05, 0.1) is 0 Å². The molecule has 0 saturated heterocycles. The van der Waals surface area contributed by atoms with Crippen molar-refractivity contribution >= 4 is 115 Å². The summed E-state index contributed by atoms with van der Waals surface area (Å²) in [6.07, 6.45) is 0. The number of benzene rings is 9. The Morgan fingerprint density at radius 2 is 0.590 bits per heavy atom. The van der Waals surface area contributed by atoms with E-state index in [-0.39, 0.29) is 20.1 Å². The molecule has 0 fully saturated rings. The summed E-state index contributed by atoms with van der Waals surface area (Å²) in [6.45, 7) is 0.205. The third-order valence-electron chi connectivity index (χ3n) is 13.7. The van der Waals surface area contributed by atoms with Crippen molar-refractivity contribution < 1.29 is 0 Å². The molecule has 0 unspecified atom stereocenters. The van der Waals surface area contributed by atoms with Crippen molar-refractivity contribution in [2.45, 2.75) is 0 Å². The van der Waals surface area contributed by atoms with E-state index in [4.69, 9.17) is 11.5 Å². The largest absolute Gasteiger partial charge is 0.399 e. The summed E-state index contributed by atoms with van der Waals surface area (Å²) in [5.41, 5.74) is 37.9. The Morgan fingerprint density at radius 1 is 0.279 bits per heavy atom. The normalized spacial score (nSPS) is 13.5. The van der Waals surface area contributed by atoms with Crippen molar-refractivity contribution in [3.05, 3.63) is 200 Å². The van der Waals surface area contributed by atoms with Gasteiger partial charge in [-0.1, -0.05) is 163 Å². The van der Waals surface area contributed by atoms with Gasteiger partial charge in [-0.05, 0) is 109 Å². The van der Waals surface area contributed by atoms with Crippen LogP contribution in [0.25, 0.3) is 22.3 Å². The molecule has 0 radical (unpaired) electrons. The zero-order valence-corrected chi connectivity index (χ0v) is 33.3. The van der Waals surface area contributed by atoms with Gasteiger partial charge in [0, 0.05) is 45.5 Å². The molecule has 4 aliphatic rings. The van der Waals surface area contributed by atoms with E-state index in [1.807, 2.05) is 24.3 Å². The monoisotopic (exact) mass is 774 g/mol. The van der Waals surface area contributed by atoms with Crippen LogP contribution in [0.1, 0.15) is 0 Å². The third kappa shape index (κ3) is 4.92. The Kier molecular flexibility index (Phi) is 7.26. The smallest absolute Gasteiger partial charge is 0.252 e. The summed E-state index contributed by atoms with van der Waals surface area (Å²) in [5, 5.41) is 0. The SMILES string of the molecule is Nc1ccc(-c2ccc(B3c4ccccc4N4c5cccc6c5B(c5cccc3c54)c3cccc4c3N6c3ccccc3B4c3ccc(-c4ccc(N)cc4)cc3)cc2)cc1. The van der Waals surface area contributed by atoms with Crippen LogP contribution in [-0.4, -0.2) is 20.1 Å². The zero-order chi connectivity index (χ0) is 40.3. The number of hydrogen-bond donors (Lipinski definition) is 2. The van der Waals surface area contributed by atoms with Crippen molar-refractivity contribution in [1.82, 2.24) is 0 Å². The second-order valence-electron chi connectivity index (χ2n) is 16.9. The maximum atomic E-state index is 6.03. The van der Waals surface area contributed by atoms with Crippen LogP contribution in [-0.2, 0) is 0 Å². The molecule has 9 aromatic rings. The second-order valence-corrected chi connectivity index (χ2v) is 16.9. The molecule has 282 valence electrons. The van der Waals surface area contributed by atoms with Crippen LogP contribution in [0.15, 0.2) is 200 Å². The molecule has 7 heteroatoms. The third-order valence-corrected chi connectivity index (χ3v) is 13.7. The molecule has 0 aromatic heterocycles. The molecule has 4 heterocycles. The number of para-hydroxylation sites is 4. The lowest BCUT2D eigenvalue weighted by Gasteiger charge is -2.49. The van der Waals surface area contributed by atoms with Crippen molar-refractivity contribution in [2.75, 3.05) is 21.3 Å². The van der Waals surface area contributed by atoms with Gasteiger partial charge < -0.3 is 21.3 Å². The number of hydrogen-bond acceptors (Lipinski definition) is 4. The van der Waals surface area contributed by atoms with Crippen LogP contribution < -0.4 is 70.4 Å². The Labute approximate surface area is 357 Å². The fourth-order valence-corrected chi connectivity index (χ4v) is 11.1. The van der Waals surface area contributed by atoms with Crippen molar-refractivity contribution in [3.63, 3.8) is 0 Å². The summed E-state index contributed by atoms with van der Waals surface area (Å²) < 4.78 is 0. The lowest BCUT2D eigenvalue weighted by atomic mass is 9.28. The van der Waals surface area contributed by atoms with Crippen molar-refractivity contribution in [3.8, 4) is 22.3 Å². The first-order valence-corrected chi connectivity index (χ1v) is 21.2. The zero-order valence-electron chi connectivity index (χ0n) is 33.3. The van der Waals surface area contributed by atoms with Gasteiger partial charge in [0.25, 0.3) is 6.71 Å². The average molecular weight is 774 g/mol. The standard InChI is InChI=1S/C54H37B3N4/c58-40-30-22-36(23-31-40)34-18-26-38(27-19-34)55-42-8-1-3-14-48(42)60-50-16-7-17-51-52(50)57(46-12-5-10-44(55)53(46)60)47-13-6-11-45-54(47)61(51)49-15-4-2-9-43(49)56(45)39-28-20-35(21-29-39)37-24-32-41(59)33-25-37/h1-33H,58-59H2. The fourth-order valence-electron chi connectivity index (χ4n) is 11.1. The van der Waals surface area contributed by atoms with Gasteiger partial charge in [0.15, 0.2) is 0 Å². The minimum Gasteiger partial charge on any atom is -0.399 e. The molecule has 0 aliphatic carbocycles. The van der Waals surface area contributed by atoms with Crippen LogP contribution in [0.4, 0.5) is 45.5 Å². The molecule has 61 heavy (non-hydrogen) atoms. The topological polar surface area (TPSA) is 58.5 Å². The van der Waals surface area contributed by atoms with E-state index < -0.39 is 0 Å². The molecular weight excluding hydrogens is 737 g/mol. The number of anilines is 8. The molecule has 0 bridgehead atoms. The fraction of sp³-hybridized carbons (Fsp3) is 0. The minimum atomic E-state index is 0.0567. The molecule has 0 saturated carbocycles. The van der Waals surface area contributed by atoms with Gasteiger partial charge in [0.1, 0.15) is 0 Å². The van der Waals surface area contributed by atoms with E-state index in [2.05, 4.69) is 186 Å². The Morgan fingerprint density at radius 3 is 1.00 bits per heavy atom. The number of nitrogens with two attached hydrogens (primary N) is 2. The summed E-state index contributed by atoms with van der Waals surface area (Å²) in [7, 11) is 0. The first-order valence-electron chi connectivity index (χ1n) is 21.2. The van der Waals surface area contributed by atoms with E-state index in [1.165, 1.54) is 94.4 Å². The maximum Gasteiger partial charge on any atom is 0.252 e. The van der Waals surface area contributed by atoms with Gasteiger partial charge in [-0.3, -0.25) is 0 Å². The number of nitrogens with zero attached hydrogens (tertiary/aromatic N) is 2. The first-order chi connectivity index (χ1) is 30.1. The molecule has 0 atom stereocenters. The van der Waals surface area contributed by atoms with E-state index in [9.17, 15) is 0 Å². The Balaban J connectivity index is 0.999. The van der Waals surface area contributed by atoms with Crippen molar-refractivity contribution in [1.29, 1.82) is 0 Å². The highest BCUT2D eigenvalue weighted by Gasteiger charge is 2.49. The summed E-state index contributed by atoms with van der Waals surface area (Å²) in [6, 6.07) is 73.8. The van der Waals surface area contributed by atoms with Crippen molar-refractivity contribution in [2.24, 2.45) is 0 Å². The van der Waals surface area contributed by atoms with Crippen LogP contribution in [0.3, 0.4) is 0 Å². The van der Waals surface area contributed by atoms with E-state index in [0.717, 1.165) is 22.5 Å². The maximum absolute atomic E-state index is 6.03. The molecular formula is C54H37B3N4. The Bertz CT molecular complexity index is 3020. The summed E-state index contributed by atoms with van der Waals surface area (Å²) >= 11 is 0. The number of fused-ring (bicyclic) bond motifs is 8. The highest BCUT2D eigenvalue weighted by molar-refractivity contribution is 7.05. The average Bonchev–Trinajstić information content (AvgIpc) is 3.31. The summed E-state index contributed by atoms with van der Waals surface area (Å²) in [4.78, 5) is 5.15. The molecule has 13 rings (SSSR count). The molecule has 4 nitrogen and oxygen atoms in total. The predicted octanol–water partition coefficient (Wildman–Crippen LogP) is 5.93. The van der Waals surface area contributed by atoms with Gasteiger partial charge >= 0.3 is 0 Å². The quantitative estimate of drug-likeness (QED) is 0.172. The molecule has 0 spiro atoms. The lowest BCUT2D eigenvalue weighted by molar-refractivity contribution is 1.26. The van der Waals surface area contributed by atoms with E-state index in [0.29, 0.717) is 0 Å². The highest BCUT2D eigenvalue weighted by Crippen LogP contribution is 2.44. The van der Waals surface area contributed by atoms with Crippen LogP contribution >= 0.6 is 0 Å². The molecule has 0 amide bonds. The summed E-state index contributed by atoms with van der Waals surface area (Å²) in [5.74, 6) is 0. The minimum absolute atomic E-state index is 0.0567. The van der Waals surface area contributed by atoms with Crippen LogP contribution in [0.5, 0.6) is 0 Å². The first kappa shape index (κ1) is 34.3. The Hall–Kier alpha value is -7.63. The predicted molar refractivity (Wildman–Crippen MR) is 262 cm³/mol. The molecule has 4 N–H and O–H groups in total. The van der Waals surface area contributed by atoms with Crippen LogP contribution in [0.2, 0.25) is 0 Å². The number of rotatable bonds is 4. The van der Waals surface area contributed by atoms with Gasteiger partial charge in [0.2, 0.25) is 13.4 Å². The number of nitrogen functional groups attached to an aromatic ring is 2. The highest BCUT2D eigenvalue weighted by atomic mass is 15.2. The van der Waals surface area contributed by atoms with E-state index in [1.54, 1.807) is 0 Å². The lowest BCUT2D eigenvalue weighted by Crippen LogP contribution is -2.69. The molecule has 4 aliphatic heterocycles. The van der Waals surface area contributed by atoms with Gasteiger partial charge in [-0.15, -0.1) is 0 Å². The molecule has 9 aromatic carbocycles. The van der Waals surface area contributed by atoms with E-state index >= 15 is 0 Å². The van der Waals surface area contributed by atoms with Crippen LogP contribution in [0, 0.1) is 0 Å². The van der Waals surface area contributed by atoms with Gasteiger partial charge in [-0.25, -0.2) is 0 Å².